The number of thiophene rings is 1. The van der Waals surface area contributed by atoms with Crippen molar-refractivity contribution in [1.82, 2.24) is 4.90 Å². The molecule has 3 nitrogen and oxygen atoms in total. The second-order valence-electron chi connectivity index (χ2n) is 5.99. The van der Waals surface area contributed by atoms with E-state index in [4.69, 9.17) is 5.73 Å². The lowest BCUT2D eigenvalue weighted by atomic mass is 9.84. The number of nitrogens with zero attached hydrogens (tertiary/aromatic N) is 1. The van der Waals surface area contributed by atoms with E-state index >= 15 is 0 Å². The minimum Gasteiger partial charge on any atom is -0.335 e. The van der Waals surface area contributed by atoms with Crippen LogP contribution in [0.15, 0.2) is 16.8 Å². The van der Waals surface area contributed by atoms with Gasteiger partial charge in [-0.2, -0.15) is 11.3 Å². The molecule has 2 N–H and O–H groups in total. The van der Waals surface area contributed by atoms with E-state index in [0.29, 0.717) is 18.5 Å². The topological polar surface area (TPSA) is 46.3 Å². The molecule has 19 heavy (non-hydrogen) atoms. The molecule has 104 valence electrons. The third-order valence-electron chi connectivity index (χ3n) is 4.59. The molecule has 0 atom stereocenters. The molecule has 0 bridgehead atoms. The van der Waals surface area contributed by atoms with Crippen LogP contribution in [-0.4, -0.2) is 23.4 Å². The Balaban J connectivity index is 1.77. The Morgan fingerprint density at radius 1 is 1.42 bits per heavy atom. The summed E-state index contributed by atoms with van der Waals surface area (Å²) in [4.78, 5) is 15.1. The van der Waals surface area contributed by atoms with Gasteiger partial charge in [0.2, 0.25) is 5.91 Å². The van der Waals surface area contributed by atoms with E-state index in [-0.39, 0.29) is 5.41 Å². The van der Waals surface area contributed by atoms with Gasteiger partial charge in [-0.1, -0.05) is 12.8 Å². The van der Waals surface area contributed by atoms with Crippen molar-refractivity contribution in [3.8, 4) is 0 Å². The summed E-state index contributed by atoms with van der Waals surface area (Å²) in [5, 5.41) is 4.23. The van der Waals surface area contributed by atoms with Crippen molar-refractivity contribution in [2.24, 2.45) is 11.1 Å². The van der Waals surface area contributed by atoms with Gasteiger partial charge in [0.15, 0.2) is 0 Å². The summed E-state index contributed by atoms with van der Waals surface area (Å²) in [6.07, 6.45) is 6.59. The Morgan fingerprint density at radius 3 is 2.68 bits per heavy atom. The van der Waals surface area contributed by atoms with Gasteiger partial charge < -0.3 is 10.6 Å². The number of amides is 1. The Kier molecular flexibility index (Phi) is 3.63. The highest BCUT2D eigenvalue weighted by Crippen LogP contribution is 2.41. The van der Waals surface area contributed by atoms with E-state index in [1.807, 2.05) is 0 Å². The number of nitrogens with two attached hydrogens (primary N) is 1. The van der Waals surface area contributed by atoms with Crippen molar-refractivity contribution in [3.05, 3.63) is 22.4 Å². The smallest absolute Gasteiger partial charge is 0.230 e. The monoisotopic (exact) mass is 278 g/mol. The Labute approximate surface area is 118 Å². The van der Waals surface area contributed by atoms with Crippen molar-refractivity contribution in [3.63, 3.8) is 0 Å². The van der Waals surface area contributed by atoms with Crippen LogP contribution in [0, 0.1) is 5.41 Å². The number of hydrogen-bond donors (Lipinski definition) is 1. The summed E-state index contributed by atoms with van der Waals surface area (Å²) < 4.78 is 0. The van der Waals surface area contributed by atoms with Crippen molar-refractivity contribution in [2.45, 2.75) is 51.1 Å². The maximum Gasteiger partial charge on any atom is 0.230 e. The second kappa shape index (κ2) is 5.25. The summed E-state index contributed by atoms with van der Waals surface area (Å²) in [5.41, 5.74) is 6.96. The van der Waals surface area contributed by atoms with Crippen molar-refractivity contribution in [1.29, 1.82) is 0 Å². The van der Waals surface area contributed by atoms with Gasteiger partial charge in [-0.05, 0) is 48.1 Å². The average Bonchev–Trinajstić information content (AvgIpc) is 2.96. The lowest BCUT2D eigenvalue weighted by Crippen LogP contribution is -2.47. The zero-order valence-electron chi connectivity index (χ0n) is 11.3. The van der Waals surface area contributed by atoms with Gasteiger partial charge in [0.25, 0.3) is 0 Å². The van der Waals surface area contributed by atoms with E-state index in [9.17, 15) is 4.79 Å². The fourth-order valence-corrected chi connectivity index (χ4v) is 3.85. The van der Waals surface area contributed by atoms with Gasteiger partial charge >= 0.3 is 0 Å². The lowest BCUT2D eigenvalue weighted by Gasteiger charge is -2.33. The molecule has 0 aliphatic heterocycles. The predicted octanol–water partition coefficient (Wildman–Crippen LogP) is 2.76. The van der Waals surface area contributed by atoms with Gasteiger partial charge in [-0.3, -0.25) is 4.79 Å². The fourth-order valence-electron chi connectivity index (χ4n) is 3.19. The van der Waals surface area contributed by atoms with E-state index in [1.165, 1.54) is 5.56 Å². The molecule has 2 saturated carbocycles. The van der Waals surface area contributed by atoms with Crippen LogP contribution in [-0.2, 0) is 11.3 Å². The Hall–Kier alpha value is -0.870. The van der Waals surface area contributed by atoms with Crippen molar-refractivity contribution in [2.75, 3.05) is 6.54 Å². The number of hydrogen-bond acceptors (Lipinski definition) is 3. The van der Waals surface area contributed by atoms with Gasteiger partial charge in [-0.15, -0.1) is 0 Å². The zero-order chi connectivity index (χ0) is 13.3. The summed E-state index contributed by atoms with van der Waals surface area (Å²) in [7, 11) is 0. The van der Waals surface area contributed by atoms with Gasteiger partial charge in [-0.25, -0.2) is 0 Å². The third kappa shape index (κ3) is 2.56. The first-order valence-electron chi connectivity index (χ1n) is 7.27. The minimum absolute atomic E-state index is 0.251. The Bertz CT molecular complexity index is 433. The first-order chi connectivity index (χ1) is 9.25. The molecule has 0 unspecified atom stereocenters. The van der Waals surface area contributed by atoms with E-state index in [1.54, 1.807) is 11.3 Å². The summed E-state index contributed by atoms with van der Waals surface area (Å²) in [6, 6.07) is 2.59. The molecule has 1 aromatic rings. The lowest BCUT2D eigenvalue weighted by molar-refractivity contribution is -0.142. The summed E-state index contributed by atoms with van der Waals surface area (Å²) in [6.45, 7) is 1.29. The predicted molar refractivity (Wildman–Crippen MR) is 77.8 cm³/mol. The van der Waals surface area contributed by atoms with E-state index in [0.717, 1.165) is 45.1 Å². The molecular formula is C15H22N2OS. The minimum atomic E-state index is -0.251. The first kappa shape index (κ1) is 13.1. The third-order valence-corrected chi connectivity index (χ3v) is 5.32. The number of carbonyl (C=O) groups excluding carboxylic acids is 1. The highest BCUT2D eigenvalue weighted by atomic mass is 32.1. The van der Waals surface area contributed by atoms with Crippen molar-refractivity contribution >= 4 is 17.2 Å². The molecule has 1 aromatic heterocycles. The molecule has 0 aromatic carbocycles. The van der Waals surface area contributed by atoms with Crippen LogP contribution in [0.25, 0.3) is 0 Å². The molecule has 1 heterocycles. The maximum absolute atomic E-state index is 13.0. The van der Waals surface area contributed by atoms with Crippen LogP contribution in [0.4, 0.5) is 0 Å². The summed E-state index contributed by atoms with van der Waals surface area (Å²) in [5.74, 6) is 0.321. The zero-order valence-corrected chi connectivity index (χ0v) is 12.1. The van der Waals surface area contributed by atoms with Crippen LogP contribution in [0.5, 0.6) is 0 Å². The quantitative estimate of drug-likeness (QED) is 0.900. The maximum atomic E-state index is 13.0. The van der Waals surface area contributed by atoms with Gasteiger partial charge in [0.1, 0.15) is 0 Å². The first-order valence-corrected chi connectivity index (χ1v) is 8.22. The van der Waals surface area contributed by atoms with Crippen LogP contribution in [0.2, 0.25) is 0 Å². The SMILES string of the molecule is NCC1(C(=O)N(Cc2ccsc2)C2CC2)CCCC1. The summed E-state index contributed by atoms with van der Waals surface area (Å²) >= 11 is 1.70. The largest absolute Gasteiger partial charge is 0.335 e. The van der Waals surface area contributed by atoms with Crippen molar-refractivity contribution < 1.29 is 4.79 Å². The van der Waals surface area contributed by atoms with Gasteiger partial charge in [0.05, 0.1) is 5.41 Å². The normalized spacial score (nSPS) is 21.5. The highest BCUT2D eigenvalue weighted by Gasteiger charge is 2.45. The number of carbonyl (C=O) groups is 1. The fraction of sp³-hybridized carbons (Fsp3) is 0.667. The van der Waals surface area contributed by atoms with Crippen LogP contribution >= 0.6 is 11.3 Å². The standard InChI is InChI=1S/C15H22N2OS/c16-11-15(6-1-2-7-15)14(18)17(13-3-4-13)9-12-5-8-19-10-12/h5,8,10,13H,1-4,6-7,9,11,16H2. The molecule has 0 radical (unpaired) electrons. The molecule has 2 aliphatic carbocycles. The molecule has 3 rings (SSSR count). The molecular weight excluding hydrogens is 256 g/mol. The molecule has 2 aliphatic rings. The molecule has 2 fully saturated rings. The van der Waals surface area contributed by atoms with E-state index in [2.05, 4.69) is 21.7 Å². The molecule has 4 heteroatoms. The van der Waals surface area contributed by atoms with Crippen LogP contribution < -0.4 is 5.73 Å². The van der Waals surface area contributed by atoms with Crippen LogP contribution in [0.3, 0.4) is 0 Å². The molecule has 0 saturated heterocycles. The molecule has 0 spiro atoms. The second-order valence-corrected chi connectivity index (χ2v) is 6.77. The highest BCUT2D eigenvalue weighted by molar-refractivity contribution is 7.07. The van der Waals surface area contributed by atoms with E-state index < -0.39 is 0 Å². The Morgan fingerprint density at radius 2 is 2.16 bits per heavy atom. The number of rotatable bonds is 5. The average molecular weight is 278 g/mol. The molecule has 1 amide bonds. The van der Waals surface area contributed by atoms with Gasteiger partial charge in [0, 0.05) is 19.1 Å². The van der Waals surface area contributed by atoms with Crippen LogP contribution in [0.1, 0.15) is 44.1 Å².